The van der Waals surface area contributed by atoms with Gasteiger partial charge in [-0.2, -0.15) is 0 Å². The highest BCUT2D eigenvalue weighted by Crippen LogP contribution is 2.17. The Morgan fingerprint density at radius 1 is 1.20 bits per heavy atom. The summed E-state index contributed by atoms with van der Waals surface area (Å²) in [4.78, 5) is 8.05. The van der Waals surface area contributed by atoms with E-state index in [-0.39, 0.29) is 0 Å². The van der Waals surface area contributed by atoms with Crippen LogP contribution < -0.4 is 5.32 Å². The van der Waals surface area contributed by atoms with Crippen LogP contribution in [0.4, 0.5) is 0 Å². The first-order valence-corrected chi connectivity index (χ1v) is 7.50. The zero-order chi connectivity index (χ0) is 13.9. The van der Waals surface area contributed by atoms with Gasteiger partial charge >= 0.3 is 0 Å². The highest BCUT2D eigenvalue weighted by atomic mass is 16.5. The lowest BCUT2D eigenvalue weighted by Crippen LogP contribution is -2.32. The van der Waals surface area contributed by atoms with Gasteiger partial charge in [0.15, 0.2) is 0 Å². The van der Waals surface area contributed by atoms with Crippen LogP contribution in [0.5, 0.6) is 0 Å². The summed E-state index contributed by atoms with van der Waals surface area (Å²) < 4.78 is 5.93. The van der Waals surface area contributed by atoms with E-state index < -0.39 is 0 Å². The van der Waals surface area contributed by atoms with Gasteiger partial charge in [0.1, 0.15) is 5.82 Å². The van der Waals surface area contributed by atoms with Gasteiger partial charge < -0.3 is 15.0 Å². The van der Waals surface area contributed by atoms with Crippen molar-refractivity contribution in [2.45, 2.75) is 39.2 Å². The zero-order valence-corrected chi connectivity index (χ0v) is 12.3. The smallest absolute Gasteiger partial charge is 0.109 e. The lowest BCUT2D eigenvalue weighted by Gasteiger charge is -2.22. The van der Waals surface area contributed by atoms with E-state index in [0.717, 1.165) is 55.8 Å². The molecule has 1 aliphatic rings. The van der Waals surface area contributed by atoms with E-state index >= 15 is 0 Å². The number of fused-ring (bicyclic) bond motifs is 1. The molecule has 1 aromatic carbocycles. The molecule has 0 unspecified atom stereocenters. The molecule has 4 heteroatoms. The summed E-state index contributed by atoms with van der Waals surface area (Å²) in [6, 6.07) is 4.33. The van der Waals surface area contributed by atoms with Gasteiger partial charge in [-0.15, -0.1) is 0 Å². The summed E-state index contributed by atoms with van der Waals surface area (Å²) in [5, 5.41) is 3.35. The van der Waals surface area contributed by atoms with Crippen LogP contribution in [-0.2, 0) is 11.2 Å². The third-order valence-corrected chi connectivity index (χ3v) is 4.12. The number of aryl methyl sites for hydroxylation is 2. The Balaban J connectivity index is 1.60. The maximum atomic E-state index is 5.93. The number of piperidine rings is 1. The van der Waals surface area contributed by atoms with Gasteiger partial charge in [0.05, 0.1) is 23.7 Å². The molecule has 108 valence electrons. The molecule has 2 N–H and O–H groups in total. The van der Waals surface area contributed by atoms with Crippen molar-refractivity contribution in [3.05, 3.63) is 29.1 Å². The van der Waals surface area contributed by atoms with Crippen molar-refractivity contribution < 1.29 is 4.74 Å². The van der Waals surface area contributed by atoms with E-state index in [0.29, 0.717) is 6.10 Å². The Labute approximate surface area is 119 Å². The number of rotatable bonds is 4. The first-order chi connectivity index (χ1) is 9.72. The highest BCUT2D eigenvalue weighted by Gasteiger charge is 2.13. The van der Waals surface area contributed by atoms with Crippen molar-refractivity contribution in [2.24, 2.45) is 0 Å². The Hall–Kier alpha value is -1.39. The van der Waals surface area contributed by atoms with Crippen molar-refractivity contribution in [3.63, 3.8) is 0 Å². The minimum Gasteiger partial charge on any atom is -0.378 e. The number of hydrogen-bond donors (Lipinski definition) is 2. The zero-order valence-electron chi connectivity index (χ0n) is 12.3. The molecule has 0 spiro atoms. The molecule has 1 saturated heterocycles. The largest absolute Gasteiger partial charge is 0.378 e. The molecule has 0 bridgehead atoms. The van der Waals surface area contributed by atoms with E-state index in [1.807, 2.05) is 0 Å². The van der Waals surface area contributed by atoms with Crippen molar-refractivity contribution in [2.75, 3.05) is 19.7 Å². The van der Waals surface area contributed by atoms with Gasteiger partial charge in [0.2, 0.25) is 0 Å². The fourth-order valence-electron chi connectivity index (χ4n) is 2.73. The first-order valence-electron chi connectivity index (χ1n) is 7.50. The van der Waals surface area contributed by atoms with Crippen molar-refractivity contribution in [1.29, 1.82) is 0 Å². The molecule has 0 aliphatic carbocycles. The lowest BCUT2D eigenvalue weighted by atomic mass is 10.1. The van der Waals surface area contributed by atoms with E-state index in [2.05, 4.69) is 41.3 Å². The average molecular weight is 273 g/mol. The summed E-state index contributed by atoms with van der Waals surface area (Å²) in [5.41, 5.74) is 4.79. The topological polar surface area (TPSA) is 49.9 Å². The van der Waals surface area contributed by atoms with Crippen LogP contribution in [0, 0.1) is 13.8 Å². The van der Waals surface area contributed by atoms with E-state index in [9.17, 15) is 0 Å². The minimum atomic E-state index is 0.421. The molecule has 0 radical (unpaired) electrons. The summed E-state index contributed by atoms with van der Waals surface area (Å²) in [7, 11) is 0. The van der Waals surface area contributed by atoms with Crippen molar-refractivity contribution >= 4 is 11.0 Å². The van der Waals surface area contributed by atoms with Crippen molar-refractivity contribution in [3.8, 4) is 0 Å². The fourth-order valence-corrected chi connectivity index (χ4v) is 2.73. The number of nitrogens with zero attached hydrogens (tertiary/aromatic N) is 1. The second-order valence-corrected chi connectivity index (χ2v) is 5.71. The molecular weight excluding hydrogens is 250 g/mol. The Kier molecular flexibility index (Phi) is 4.03. The number of ether oxygens (including phenoxy) is 1. The summed E-state index contributed by atoms with van der Waals surface area (Å²) in [6.45, 7) is 7.17. The second-order valence-electron chi connectivity index (χ2n) is 5.71. The SMILES string of the molecule is Cc1cc2nc(CCOC3CCNCC3)[nH]c2cc1C. The second kappa shape index (κ2) is 5.94. The van der Waals surface area contributed by atoms with Crippen molar-refractivity contribution in [1.82, 2.24) is 15.3 Å². The first kappa shape index (κ1) is 13.6. The van der Waals surface area contributed by atoms with Gasteiger partial charge in [-0.25, -0.2) is 4.98 Å². The normalized spacial score (nSPS) is 16.9. The molecule has 0 saturated carbocycles. The van der Waals surface area contributed by atoms with E-state index in [4.69, 9.17) is 4.74 Å². The summed E-state index contributed by atoms with van der Waals surface area (Å²) in [5.74, 6) is 1.03. The summed E-state index contributed by atoms with van der Waals surface area (Å²) >= 11 is 0. The monoisotopic (exact) mass is 273 g/mol. The van der Waals surface area contributed by atoms with Gasteiger partial charge in [0.25, 0.3) is 0 Å². The van der Waals surface area contributed by atoms with Crippen LogP contribution in [0.25, 0.3) is 11.0 Å². The average Bonchev–Trinajstić information content (AvgIpc) is 2.82. The van der Waals surface area contributed by atoms with E-state index in [1.54, 1.807) is 0 Å². The summed E-state index contributed by atoms with van der Waals surface area (Å²) in [6.07, 6.45) is 3.53. The van der Waals surface area contributed by atoms with Crippen LogP contribution in [0.2, 0.25) is 0 Å². The third kappa shape index (κ3) is 3.02. The molecule has 20 heavy (non-hydrogen) atoms. The number of nitrogens with one attached hydrogen (secondary N) is 2. The number of H-pyrrole nitrogens is 1. The Morgan fingerprint density at radius 2 is 1.95 bits per heavy atom. The van der Waals surface area contributed by atoms with Crippen LogP contribution in [0.3, 0.4) is 0 Å². The Morgan fingerprint density at radius 3 is 2.75 bits per heavy atom. The number of aromatic amines is 1. The number of benzene rings is 1. The van der Waals surface area contributed by atoms with Gasteiger partial charge in [-0.3, -0.25) is 0 Å². The standard InChI is InChI=1S/C16H23N3O/c1-11-9-14-15(10-12(11)2)19-16(18-14)5-8-20-13-3-6-17-7-4-13/h9-10,13,17H,3-8H2,1-2H3,(H,18,19). The van der Waals surface area contributed by atoms with Gasteiger partial charge in [-0.05, 0) is 63.0 Å². The third-order valence-electron chi connectivity index (χ3n) is 4.12. The quantitative estimate of drug-likeness (QED) is 0.900. The molecular formula is C16H23N3O. The number of imidazole rings is 1. The van der Waals surface area contributed by atoms with E-state index in [1.165, 1.54) is 11.1 Å². The molecule has 3 rings (SSSR count). The predicted molar refractivity (Wildman–Crippen MR) is 81.1 cm³/mol. The molecule has 2 heterocycles. The molecule has 1 aliphatic heterocycles. The predicted octanol–water partition coefficient (Wildman–Crippen LogP) is 2.49. The Bertz CT molecular complexity index is 546. The molecule has 1 fully saturated rings. The molecule has 1 aromatic heterocycles. The lowest BCUT2D eigenvalue weighted by molar-refractivity contribution is 0.0343. The molecule has 0 amide bonds. The van der Waals surface area contributed by atoms with Gasteiger partial charge in [-0.1, -0.05) is 0 Å². The maximum Gasteiger partial charge on any atom is 0.109 e. The minimum absolute atomic E-state index is 0.421. The maximum absolute atomic E-state index is 5.93. The molecule has 2 aromatic rings. The molecule has 0 atom stereocenters. The number of hydrogen-bond acceptors (Lipinski definition) is 3. The van der Waals surface area contributed by atoms with Gasteiger partial charge in [0, 0.05) is 6.42 Å². The fraction of sp³-hybridized carbons (Fsp3) is 0.562. The molecule has 4 nitrogen and oxygen atoms in total. The highest BCUT2D eigenvalue weighted by molar-refractivity contribution is 5.77. The van der Waals surface area contributed by atoms with Crippen LogP contribution in [-0.4, -0.2) is 35.8 Å². The van der Waals surface area contributed by atoms with Crippen LogP contribution >= 0.6 is 0 Å². The number of aromatic nitrogens is 2. The van der Waals surface area contributed by atoms with Crippen LogP contribution in [0.15, 0.2) is 12.1 Å². The van der Waals surface area contributed by atoms with Crippen LogP contribution in [0.1, 0.15) is 29.8 Å².